The van der Waals surface area contributed by atoms with Crippen LogP contribution >= 0.6 is 11.8 Å². The Morgan fingerprint density at radius 3 is 3.12 bits per heavy atom. The van der Waals surface area contributed by atoms with Gasteiger partial charge in [0.15, 0.2) is 0 Å². The van der Waals surface area contributed by atoms with E-state index in [1.807, 2.05) is 24.2 Å². The van der Waals surface area contributed by atoms with Gasteiger partial charge in [0.05, 0.1) is 19.3 Å². The molecule has 0 aliphatic carbocycles. The van der Waals surface area contributed by atoms with Gasteiger partial charge >= 0.3 is 0 Å². The highest BCUT2D eigenvalue weighted by molar-refractivity contribution is 7.98. The molecule has 1 heterocycles. The van der Waals surface area contributed by atoms with Gasteiger partial charge in [-0.2, -0.15) is 16.9 Å². The van der Waals surface area contributed by atoms with Crippen molar-refractivity contribution in [3.63, 3.8) is 0 Å². The maximum absolute atomic E-state index is 8.76. The fourth-order valence-electron chi connectivity index (χ4n) is 1.53. The van der Waals surface area contributed by atoms with E-state index in [0.717, 1.165) is 13.1 Å². The Bertz CT molecular complexity index is 291. The Labute approximate surface area is 101 Å². The van der Waals surface area contributed by atoms with E-state index in [4.69, 9.17) is 5.11 Å². The molecule has 0 spiro atoms. The number of aliphatic hydroxyl groups excluding tert-OH is 1. The standard InChI is InChI=1S/C11H21N3OS/c1-10(9-16-2)5-12-6-11-7-13-14(8-11)3-4-15/h7-8,10,12,15H,3-6,9H2,1-2H3. The van der Waals surface area contributed by atoms with Crippen molar-refractivity contribution in [2.75, 3.05) is 25.2 Å². The minimum absolute atomic E-state index is 0.138. The van der Waals surface area contributed by atoms with Crippen molar-refractivity contribution >= 4 is 11.8 Å². The van der Waals surface area contributed by atoms with Gasteiger partial charge in [-0.15, -0.1) is 0 Å². The van der Waals surface area contributed by atoms with Crippen molar-refractivity contribution in [2.45, 2.75) is 20.0 Å². The van der Waals surface area contributed by atoms with Crippen LogP contribution in [0.15, 0.2) is 12.4 Å². The summed E-state index contributed by atoms with van der Waals surface area (Å²) in [5, 5.41) is 16.3. The molecule has 0 fully saturated rings. The van der Waals surface area contributed by atoms with Crippen LogP contribution in [-0.4, -0.2) is 40.0 Å². The molecule has 1 rings (SSSR count). The normalized spacial score (nSPS) is 12.9. The highest BCUT2D eigenvalue weighted by atomic mass is 32.2. The van der Waals surface area contributed by atoms with Crippen LogP contribution in [0.1, 0.15) is 12.5 Å². The van der Waals surface area contributed by atoms with Gasteiger partial charge in [0, 0.05) is 18.3 Å². The van der Waals surface area contributed by atoms with E-state index in [0.29, 0.717) is 12.5 Å². The SMILES string of the molecule is CSCC(C)CNCc1cnn(CCO)c1. The molecule has 1 unspecified atom stereocenters. The van der Waals surface area contributed by atoms with E-state index >= 15 is 0 Å². The first kappa shape index (κ1) is 13.5. The van der Waals surface area contributed by atoms with Crippen molar-refractivity contribution in [3.8, 4) is 0 Å². The Balaban J connectivity index is 2.21. The first-order valence-corrected chi connectivity index (χ1v) is 6.97. The highest BCUT2D eigenvalue weighted by Gasteiger charge is 2.01. The molecule has 0 amide bonds. The molecule has 5 heteroatoms. The van der Waals surface area contributed by atoms with Crippen LogP contribution in [0.2, 0.25) is 0 Å². The van der Waals surface area contributed by atoms with Gasteiger partial charge in [0.2, 0.25) is 0 Å². The van der Waals surface area contributed by atoms with E-state index in [1.54, 1.807) is 4.68 Å². The van der Waals surface area contributed by atoms with Crippen molar-refractivity contribution in [1.82, 2.24) is 15.1 Å². The first-order chi connectivity index (χ1) is 7.76. The third kappa shape index (κ3) is 5.01. The summed E-state index contributed by atoms with van der Waals surface area (Å²) in [6.45, 7) is 4.84. The maximum Gasteiger partial charge on any atom is 0.0640 e. The third-order valence-electron chi connectivity index (χ3n) is 2.29. The predicted molar refractivity (Wildman–Crippen MR) is 68.6 cm³/mol. The van der Waals surface area contributed by atoms with Crippen LogP contribution in [-0.2, 0) is 13.1 Å². The molecule has 0 radical (unpaired) electrons. The summed E-state index contributed by atoms with van der Waals surface area (Å²) in [5.41, 5.74) is 1.17. The number of aromatic nitrogens is 2. The second-order valence-corrected chi connectivity index (χ2v) is 4.94. The number of aliphatic hydroxyl groups is 1. The predicted octanol–water partition coefficient (Wildman–Crippen LogP) is 0.964. The van der Waals surface area contributed by atoms with Gasteiger partial charge in [-0.05, 0) is 24.5 Å². The summed E-state index contributed by atoms with van der Waals surface area (Å²) in [4.78, 5) is 0. The summed E-state index contributed by atoms with van der Waals surface area (Å²) in [6, 6.07) is 0. The molecule has 1 aromatic rings. The molecule has 2 N–H and O–H groups in total. The minimum Gasteiger partial charge on any atom is -0.394 e. The second kappa shape index (κ2) is 7.70. The molecule has 1 aromatic heterocycles. The average Bonchev–Trinajstić information content (AvgIpc) is 2.67. The molecule has 0 saturated heterocycles. The number of hydrogen-bond donors (Lipinski definition) is 2. The van der Waals surface area contributed by atoms with Crippen LogP contribution in [0.25, 0.3) is 0 Å². The van der Waals surface area contributed by atoms with E-state index < -0.39 is 0 Å². The van der Waals surface area contributed by atoms with Crippen molar-refractivity contribution < 1.29 is 5.11 Å². The molecule has 92 valence electrons. The second-order valence-electron chi connectivity index (χ2n) is 4.03. The lowest BCUT2D eigenvalue weighted by Gasteiger charge is -2.09. The molecule has 0 aliphatic heterocycles. The minimum atomic E-state index is 0.138. The maximum atomic E-state index is 8.76. The summed E-state index contributed by atoms with van der Waals surface area (Å²) in [7, 11) is 0. The van der Waals surface area contributed by atoms with Gasteiger partial charge in [0.1, 0.15) is 0 Å². The van der Waals surface area contributed by atoms with E-state index in [-0.39, 0.29) is 6.61 Å². The quantitative estimate of drug-likeness (QED) is 0.714. The smallest absolute Gasteiger partial charge is 0.0640 e. The van der Waals surface area contributed by atoms with Crippen LogP contribution in [0, 0.1) is 5.92 Å². The number of thioether (sulfide) groups is 1. The molecule has 0 bridgehead atoms. The molecule has 0 aliphatic rings. The van der Waals surface area contributed by atoms with Crippen molar-refractivity contribution in [2.24, 2.45) is 5.92 Å². The number of nitrogens with one attached hydrogen (secondary N) is 1. The van der Waals surface area contributed by atoms with Crippen LogP contribution in [0.3, 0.4) is 0 Å². The van der Waals surface area contributed by atoms with Gasteiger partial charge < -0.3 is 10.4 Å². The molecular weight excluding hydrogens is 222 g/mol. The zero-order valence-corrected chi connectivity index (χ0v) is 10.8. The largest absolute Gasteiger partial charge is 0.394 e. The van der Waals surface area contributed by atoms with Gasteiger partial charge in [-0.25, -0.2) is 0 Å². The fraction of sp³-hybridized carbons (Fsp3) is 0.727. The molecule has 1 atom stereocenters. The fourth-order valence-corrected chi connectivity index (χ4v) is 2.22. The highest BCUT2D eigenvalue weighted by Crippen LogP contribution is 2.03. The summed E-state index contributed by atoms with van der Waals surface area (Å²) in [6.07, 6.45) is 5.96. The monoisotopic (exact) mass is 243 g/mol. The zero-order valence-electron chi connectivity index (χ0n) is 10.0. The lowest BCUT2D eigenvalue weighted by molar-refractivity contribution is 0.269. The first-order valence-electron chi connectivity index (χ1n) is 5.58. The van der Waals surface area contributed by atoms with Crippen molar-refractivity contribution in [1.29, 1.82) is 0 Å². The van der Waals surface area contributed by atoms with E-state index in [2.05, 4.69) is 23.6 Å². The molecule has 4 nitrogen and oxygen atoms in total. The molecule has 0 saturated carbocycles. The Hall–Kier alpha value is -0.520. The molecular formula is C11H21N3OS. The van der Waals surface area contributed by atoms with E-state index in [1.165, 1.54) is 11.3 Å². The molecule has 0 aromatic carbocycles. The number of hydrogen-bond acceptors (Lipinski definition) is 4. The molecule has 16 heavy (non-hydrogen) atoms. The number of rotatable bonds is 8. The topological polar surface area (TPSA) is 50.1 Å². The van der Waals surface area contributed by atoms with Gasteiger partial charge in [-0.1, -0.05) is 6.92 Å². The summed E-state index contributed by atoms with van der Waals surface area (Å²) >= 11 is 1.88. The lowest BCUT2D eigenvalue weighted by Crippen LogP contribution is -2.21. The summed E-state index contributed by atoms with van der Waals surface area (Å²) in [5.74, 6) is 1.89. The van der Waals surface area contributed by atoms with Crippen LogP contribution in [0.5, 0.6) is 0 Å². The average molecular weight is 243 g/mol. The zero-order chi connectivity index (χ0) is 11.8. The summed E-state index contributed by atoms with van der Waals surface area (Å²) < 4.78 is 1.77. The lowest BCUT2D eigenvalue weighted by atomic mass is 10.2. The Kier molecular flexibility index (Phi) is 6.52. The van der Waals surface area contributed by atoms with Crippen molar-refractivity contribution in [3.05, 3.63) is 18.0 Å². The Morgan fingerprint density at radius 2 is 2.44 bits per heavy atom. The van der Waals surface area contributed by atoms with Crippen LogP contribution in [0.4, 0.5) is 0 Å². The van der Waals surface area contributed by atoms with Gasteiger partial charge in [-0.3, -0.25) is 4.68 Å². The van der Waals surface area contributed by atoms with Gasteiger partial charge in [0.25, 0.3) is 0 Å². The van der Waals surface area contributed by atoms with E-state index in [9.17, 15) is 0 Å². The van der Waals surface area contributed by atoms with Crippen LogP contribution < -0.4 is 5.32 Å². The number of nitrogens with zero attached hydrogens (tertiary/aromatic N) is 2. The third-order valence-corrected chi connectivity index (χ3v) is 3.19. The Morgan fingerprint density at radius 1 is 1.62 bits per heavy atom.